The van der Waals surface area contributed by atoms with Gasteiger partial charge in [0.05, 0.1) is 27.7 Å². The molecule has 0 aliphatic heterocycles. The molecule has 0 bridgehead atoms. The van der Waals surface area contributed by atoms with Crippen molar-refractivity contribution < 1.29 is 30.8 Å². The molecule has 0 N–H and O–H groups in total. The highest BCUT2D eigenvalue weighted by Gasteiger charge is 2.44. The molecule has 0 aliphatic carbocycles. The van der Waals surface area contributed by atoms with Crippen molar-refractivity contribution in [3.05, 3.63) is 0 Å². The van der Waals surface area contributed by atoms with Crippen molar-refractivity contribution in [2.75, 3.05) is 27.7 Å². The number of quaternary nitrogens is 1. The molecule has 3 nitrogen and oxygen atoms in total. The molecule has 0 saturated heterocycles. The number of ether oxygens (including phenoxy) is 1. The molecule has 0 radical (unpaired) electrons. The molecular formula is C10H23BrNO2P. The van der Waals surface area contributed by atoms with E-state index in [9.17, 15) is 4.57 Å². The Morgan fingerprint density at radius 2 is 1.80 bits per heavy atom. The van der Waals surface area contributed by atoms with Gasteiger partial charge in [-0.2, -0.15) is 0 Å². The molecule has 0 aliphatic rings. The van der Waals surface area contributed by atoms with E-state index >= 15 is 0 Å². The summed E-state index contributed by atoms with van der Waals surface area (Å²) in [5.74, 6) is 0. The van der Waals surface area contributed by atoms with E-state index < -0.39 is 5.47 Å². The summed E-state index contributed by atoms with van der Waals surface area (Å²) in [7, 11) is 6.16. The van der Waals surface area contributed by atoms with E-state index in [4.69, 9.17) is 4.74 Å². The molecule has 0 spiro atoms. The Bertz CT molecular complexity index is 185. The second-order valence-electron chi connectivity index (χ2n) is 4.38. The van der Waals surface area contributed by atoms with Crippen LogP contribution in [0.1, 0.15) is 33.1 Å². The van der Waals surface area contributed by atoms with Gasteiger partial charge in [0, 0.05) is 6.42 Å². The van der Waals surface area contributed by atoms with Gasteiger partial charge in [0.1, 0.15) is 0 Å². The summed E-state index contributed by atoms with van der Waals surface area (Å²) in [6.07, 6.45) is 2.99. The summed E-state index contributed by atoms with van der Waals surface area (Å²) in [5, 5.41) is 0. The SMILES string of the molecule is CCCCC(OCC)(P=O)[N+](C)(C)C.[Br-]. The number of halogens is 1. The second-order valence-corrected chi connectivity index (χ2v) is 5.26. The smallest absolute Gasteiger partial charge is 0.283 e. The van der Waals surface area contributed by atoms with Gasteiger partial charge in [0.25, 0.3) is 13.9 Å². The molecule has 0 aromatic rings. The Morgan fingerprint density at radius 3 is 2.07 bits per heavy atom. The predicted molar refractivity (Wildman–Crippen MR) is 59.5 cm³/mol. The quantitative estimate of drug-likeness (QED) is 0.372. The molecule has 0 rings (SSSR count). The van der Waals surface area contributed by atoms with Crippen LogP contribution in [-0.2, 0) is 9.30 Å². The van der Waals surface area contributed by atoms with Gasteiger partial charge in [0.2, 0.25) is 0 Å². The fourth-order valence-corrected chi connectivity index (χ4v) is 2.11. The van der Waals surface area contributed by atoms with Crippen molar-refractivity contribution in [2.24, 2.45) is 0 Å². The molecule has 1 unspecified atom stereocenters. The lowest BCUT2D eigenvalue weighted by Crippen LogP contribution is -3.00. The zero-order valence-corrected chi connectivity index (χ0v) is 12.9. The summed E-state index contributed by atoms with van der Waals surface area (Å²) in [4.78, 5) is 0. The lowest BCUT2D eigenvalue weighted by Gasteiger charge is -2.40. The molecule has 0 aromatic carbocycles. The first kappa shape index (κ1) is 17.9. The maximum absolute atomic E-state index is 11.3. The molecule has 5 heteroatoms. The fraction of sp³-hybridized carbons (Fsp3) is 1.00. The van der Waals surface area contributed by atoms with Crippen LogP contribution in [0.25, 0.3) is 0 Å². The number of hydrogen-bond acceptors (Lipinski definition) is 2. The van der Waals surface area contributed by atoms with Crippen LogP contribution in [0, 0.1) is 0 Å². The number of hydrogen-bond donors (Lipinski definition) is 0. The molecule has 0 amide bonds. The van der Waals surface area contributed by atoms with Crippen molar-refractivity contribution in [2.45, 2.75) is 38.6 Å². The summed E-state index contributed by atoms with van der Waals surface area (Å²) < 4.78 is 17.6. The minimum Gasteiger partial charge on any atom is -1.00 e. The van der Waals surface area contributed by atoms with Gasteiger partial charge in [-0.1, -0.05) is 13.3 Å². The van der Waals surface area contributed by atoms with Gasteiger partial charge in [0.15, 0.2) is 0 Å². The van der Waals surface area contributed by atoms with Crippen molar-refractivity contribution in [3.8, 4) is 0 Å². The highest BCUT2D eigenvalue weighted by Crippen LogP contribution is 2.36. The third-order valence-corrected chi connectivity index (χ3v) is 3.66. The maximum atomic E-state index is 11.3. The highest BCUT2D eigenvalue weighted by atomic mass is 79.9. The van der Waals surface area contributed by atoms with Crippen LogP contribution >= 0.6 is 8.46 Å². The topological polar surface area (TPSA) is 26.3 Å². The third-order valence-electron chi connectivity index (χ3n) is 2.42. The molecule has 15 heavy (non-hydrogen) atoms. The van der Waals surface area contributed by atoms with Crippen LogP contribution in [0.15, 0.2) is 0 Å². The molecule has 0 saturated carbocycles. The molecule has 0 heterocycles. The molecule has 92 valence electrons. The zero-order valence-electron chi connectivity index (χ0n) is 10.4. The summed E-state index contributed by atoms with van der Waals surface area (Å²) in [6, 6.07) is 0. The fourth-order valence-electron chi connectivity index (χ4n) is 1.43. The van der Waals surface area contributed by atoms with Crippen LogP contribution in [0.2, 0.25) is 0 Å². The van der Waals surface area contributed by atoms with E-state index in [0.29, 0.717) is 11.1 Å². The minimum atomic E-state index is -0.565. The minimum absolute atomic E-state index is 0. The van der Waals surface area contributed by atoms with Crippen LogP contribution in [0.4, 0.5) is 0 Å². The van der Waals surface area contributed by atoms with Gasteiger partial charge < -0.3 is 21.7 Å². The molecule has 0 aromatic heterocycles. The van der Waals surface area contributed by atoms with E-state index in [1.54, 1.807) is 0 Å². The van der Waals surface area contributed by atoms with Gasteiger partial charge in [-0.05, 0) is 13.3 Å². The van der Waals surface area contributed by atoms with Crippen LogP contribution in [0.3, 0.4) is 0 Å². The first-order chi connectivity index (χ1) is 6.43. The van der Waals surface area contributed by atoms with Crippen molar-refractivity contribution in [1.29, 1.82) is 0 Å². The Kier molecular flexibility index (Phi) is 9.20. The average molecular weight is 300 g/mol. The van der Waals surface area contributed by atoms with Crippen LogP contribution < -0.4 is 17.0 Å². The molecule has 0 fully saturated rings. The zero-order chi connectivity index (χ0) is 11.2. The largest absolute Gasteiger partial charge is 1.00 e. The Morgan fingerprint density at radius 1 is 1.27 bits per heavy atom. The summed E-state index contributed by atoms with van der Waals surface area (Å²) >= 11 is 0. The van der Waals surface area contributed by atoms with Crippen molar-refractivity contribution in [3.63, 3.8) is 0 Å². The van der Waals surface area contributed by atoms with Gasteiger partial charge >= 0.3 is 0 Å². The van der Waals surface area contributed by atoms with Crippen LogP contribution in [0.5, 0.6) is 0 Å². The summed E-state index contributed by atoms with van der Waals surface area (Å²) in [5.41, 5.74) is -0.565. The monoisotopic (exact) mass is 299 g/mol. The Balaban J connectivity index is 0. The third kappa shape index (κ3) is 4.90. The normalized spacial score (nSPS) is 15.8. The van der Waals surface area contributed by atoms with Gasteiger partial charge in [-0.3, -0.25) is 9.05 Å². The average Bonchev–Trinajstić information content (AvgIpc) is 2.10. The Labute approximate surface area is 106 Å². The second kappa shape index (κ2) is 7.72. The lowest BCUT2D eigenvalue weighted by molar-refractivity contribution is -0.933. The lowest BCUT2D eigenvalue weighted by atomic mass is 10.2. The van der Waals surface area contributed by atoms with Crippen LogP contribution in [-0.4, -0.2) is 37.7 Å². The number of nitrogens with zero attached hydrogens (tertiary/aromatic N) is 1. The molecule has 1 atom stereocenters. The van der Waals surface area contributed by atoms with Crippen molar-refractivity contribution in [1.82, 2.24) is 0 Å². The highest BCUT2D eigenvalue weighted by molar-refractivity contribution is 7.25. The maximum Gasteiger partial charge on any atom is 0.283 e. The summed E-state index contributed by atoms with van der Waals surface area (Å²) in [6.45, 7) is 4.68. The van der Waals surface area contributed by atoms with Crippen molar-refractivity contribution >= 4 is 8.46 Å². The standard InChI is InChI=1S/C10H23NO2P.BrH/c1-6-8-9-10(14-12,13-7-2)11(3,4)5;/h6-9H2,1-5H3;1H/q+1;/p-1. The van der Waals surface area contributed by atoms with Gasteiger partial charge in [-0.25, -0.2) is 0 Å². The van der Waals surface area contributed by atoms with Gasteiger partial charge in [-0.15, -0.1) is 0 Å². The predicted octanol–water partition coefficient (Wildman–Crippen LogP) is -0.131. The van der Waals surface area contributed by atoms with E-state index in [0.717, 1.165) is 19.3 Å². The van der Waals surface area contributed by atoms with E-state index in [1.807, 2.05) is 28.1 Å². The first-order valence-corrected chi connectivity index (χ1v) is 6.04. The molecular weight excluding hydrogens is 277 g/mol. The number of rotatable bonds is 7. The first-order valence-electron chi connectivity index (χ1n) is 5.23. The Hall–Kier alpha value is 0.500. The van der Waals surface area contributed by atoms with E-state index in [1.165, 1.54) is 0 Å². The van der Waals surface area contributed by atoms with E-state index in [2.05, 4.69) is 6.92 Å². The van der Waals surface area contributed by atoms with E-state index in [-0.39, 0.29) is 25.4 Å². The number of unbranched alkanes of at least 4 members (excludes halogenated alkanes) is 1.